The largest absolute Gasteiger partial charge is 0.439 e. The molecule has 2 rings (SSSR count). The molecule has 1 unspecified atom stereocenters. The Kier molecular flexibility index (Phi) is 2.76. The lowest BCUT2D eigenvalue weighted by molar-refractivity contribution is 0.134. The standard InChI is InChI=1S/C11H12N2O3/c1-12-10(14)13-7-9(16-11(13)15)8-5-3-2-4-6-8/h2-6,9H,7H2,1H3,(H,12,14). The highest BCUT2D eigenvalue weighted by molar-refractivity contribution is 5.92. The van der Waals surface area contributed by atoms with Crippen LogP contribution in [0.15, 0.2) is 30.3 Å². The summed E-state index contributed by atoms with van der Waals surface area (Å²) >= 11 is 0. The second-order valence-electron chi connectivity index (χ2n) is 3.45. The van der Waals surface area contributed by atoms with Crippen molar-refractivity contribution in [3.63, 3.8) is 0 Å². The van der Waals surface area contributed by atoms with Gasteiger partial charge in [0.15, 0.2) is 0 Å². The lowest BCUT2D eigenvalue weighted by atomic mass is 10.1. The van der Waals surface area contributed by atoms with Gasteiger partial charge in [-0.05, 0) is 5.56 Å². The van der Waals surface area contributed by atoms with Crippen molar-refractivity contribution in [2.45, 2.75) is 6.10 Å². The van der Waals surface area contributed by atoms with E-state index in [-0.39, 0.29) is 12.6 Å². The van der Waals surface area contributed by atoms with E-state index in [1.54, 1.807) is 0 Å². The van der Waals surface area contributed by atoms with Crippen LogP contribution in [0, 0.1) is 0 Å². The summed E-state index contributed by atoms with van der Waals surface area (Å²) in [6, 6.07) is 8.91. The van der Waals surface area contributed by atoms with Crippen LogP contribution in [0.4, 0.5) is 9.59 Å². The maximum atomic E-state index is 11.4. The number of nitrogens with one attached hydrogen (secondary N) is 1. The molecule has 84 valence electrons. The number of amides is 3. The first-order valence-corrected chi connectivity index (χ1v) is 4.97. The zero-order valence-corrected chi connectivity index (χ0v) is 8.84. The monoisotopic (exact) mass is 220 g/mol. The van der Waals surface area contributed by atoms with Crippen molar-refractivity contribution in [2.75, 3.05) is 13.6 Å². The van der Waals surface area contributed by atoms with E-state index in [2.05, 4.69) is 5.32 Å². The van der Waals surface area contributed by atoms with Crippen LogP contribution in [0.3, 0.4) is 0 Å². The van der Waals surface area contributed by atoms with Crippen LogP contribution in [0.25, 0.3) is 0 Å². The molecule has 1 saturated heterocycles. The third kappa shape index (κ3) is 1.84. The Morgan fingerprint density at radius 1 is 1.44 bits per heavy atom. The number of hydrogen-bond donors (Lipinski definition) is 1. The number of hydrogen-bond acceptors (Lipinski definition) is 3. The molecule has 1 N–H and O–H groups in total. The number of ether oxygens (including phenoxy) is 1. The second kappa shape index (κ2) is 4.22. The van der Waals surface area contributed by atoms with Crippen LogP contribution in [0.5, 0.6) is 0 Å². The number of urea groups is 1. The van der Waals surface area contributed by atoms with Gasteiger partial charge in [0.1, 0.15) is 6.10 Å². The molecule has 1 aromatic rings. The van der Waals surface area contributed by atoms with Crippen molar-refractivity contribution >= 4 is 12.1 Å². The van der Waals surface area contributed by atoms with E-state index < -0.39 is 12.1 Å². The summed E-state index contributed by atoms with van der Waals surface area (Å²) in [7, 11) is 1.48. The molecule has 1 aliphatic rings. The summed E-state index contributed by atoms with van der Waals surface area (Å²) < 4.78 is 5.11. The Bertz CT molecular complexity index is 405. The van der Waals surface area contributed by atoms with Gasteiger partial charge in [-0.25, -0.2) is 14.5 Å². The summed E-state index contributed by atoms with van der Waals surface area (Å²) in [6.45, 7) is 0.252. The molecule has 5 heteroatoms. The fourth-order valence-electron chi connectivity index (χ4n) is 1.60. The van der Waals surface area contributed by atoms with E-state index in [1.165, 1.54) is 7.05 Å². The molecule has 1 aromatic carbocycles. The fraction of sp³-hybridized carbons (Fsp3) is 0.273. The van der Waals surface area contributed by atoms with Gasteiger partial charge < -0.3 is 10.1 Å². The van der Waals surface area contributed by atoms with Gasteiger partial charge in [-0.2, -0.15) is 0 Å². The molecule has 0 aliphatic carbocycles. The molecule has 0 bridgehead atoms. The molecule has 1 heterocycles. The van der Waals surface area contributed by atoms with Gasteiger partial charge in [-0.15, -0.1) is 0 Å². The third-order valence-electron chi connectivity index (χ3n) is 2.44. The predicted molar refractivity (Wildman–Crippen MR) is 56.8 cm³/mol. The summed E-state index contributed by atoms with van der Waals surface area (Å²) in [6.07, 6.45) is -0.973. The molecule has 1 aliphatic heterocycles. The molecule has 0 spiro atoms. The van der Waals surface area contributed by atoms with Gasteiger partial charge >= 0.3 is 12.1 Å². The number of cyclic esters (lactones) is 1. The maximum Gasteiger partial charge on any atom is 0.418 e. The van der Waals surface area contributed by atoms with Crippen LogP contribution >= 0.6 is 0 Å². The Morgan fingerprint density at radius 2 is 2.12 bits per heavy atom. The molecule has 0 saturated carbocycles. The van der Waals surface area contributed by atoms with Gasteiger partial charge in [-0.3, -0.25) is 0 Å². The van der Waals surface area contributed by atoms with E-state index in [0.29, 0.717) is 0 Å². The van der Waals surface area contributed by atoms with E-state index in [4.69, 9.17) is 4.74 Å². The molecule has 1 atom stereocenters. The van der Waals surface area contributed by atoms with E-state index >= 15 is 0 Å². The number of carbonyl (C=O) groups excluding carboxylic acids is 2. The number of benzene rings is 1. The second-order valence-corrected chi connectivity index (χ2v) is 3.45. The van der Waals surface area contributed by atoms with Crippen molar-refractivity contribution in [3.8, 4) is 0 Å². The Labute approximate surface area is 93.0 Å². The summed E-state index contributed by atoms with van der Waals surface area (Å²) in [4.78, 5) is 23.8. The lowest BCUT2D eigenvalue weighted by Gasteiger charge is -2.09. The highest BCUT2D eigenvalue weighted by atomic mass is 16.6. The minimum atomic E-state index is -0.604. The summed E-state index contributed by atoms with van der Waals surface area (Å²) in [5.74, 6) is 0. The summed E-state index contributed by atoms with van der Waals surface area (Å²) in [5, 5.41) is 2.40. The predicted octanol–water partition coefficient (Wildman–Crippen LogP) is 1.52. The average Bonchev–Trinajstić information content (AvgIpc) is 2.71. The molecule has 3 amide bonds. The smallest absolute Gasteiger partial charge is 0.418 e. The normalized spacial score (nSPS) is 19.4. The van der Waals surface area contributed by atoms with Crippen LogP contribution < -0.4 is 5.32 Å². The Hall–Kier alpha value is -2.04. The first kappa shape index (κ1) is 10.5. The first-order chi connectivity index (χ1) is 7.72. The SMILES string of the molecule is CNC(=O)N1CC(c2ccccc2)OC1=O. The van der Waals surface area contributed by atoms with Crippen LogP contribution in [-0.4, -0.2) is 30.6 Å². The third-order valence-corrected chi connectivity index (χ3v) is 2.44. The van der Waals surface area contributed by atoms with Crippen molar-refractivity contribution in [1.82, 2.24) is 10.2 Å². The fourth-order valence-corrected chi connectivity index (χ4v) is 1.60. The van der Waals surface area contributed by atoms with Gasteiger partial charge in [0.2, 0.25) is 0 Å². The van der Waals surface area contributed by atoms with Crippen LogP contribution in [0.1, 0.15) is 11.7 Å². The maximum absolute atomic E-state index is 11.4. The van der Waals surface area contributed by atoms with Crippen LogP contribution in [0.2, 0.25) is 0 Å². The molecule has 0 radical (unpaired) electrons. The van der Waals surface area contributed by atoms with Gasteiger partial charge in [0.25, 0.3) is 0 Å². The van der Waals surface area contributed by atoms with Crippen molar-refractivity contribution < 1.29 is 14.3 Å². The first-order valence-electron chi connectivity index (χ1n) is 4.97. The van der Waals surface area contributed by atoms with E-state index in [9.17, 15) is 9.59 Å². The van der Waals surface area contributed by atoms with Crippen LogP contribution in [-0.2, 0) is 4.74 Å². The zero-order valence-electron chi connectivity index (χ0n) is 8.84. The Balaban J connectivity index is 2.13. The number of nitrogens with zero attached hydrogens (tertiary/aromatic N) is 1. The van der Waals surface area contributed by atoms with Crippen molar-refractivity contribution in [1.29, 1.82) is 0 Å². The molecule has 1 fully saturated rings. The molecule has 0 aromatic heterocycles. The minimum Gasteiger partial charge on any atom is -0.439 e. The minimum absolute atomic E-state index is 0.252. The Morgan fingerprint density at radius 3 is 2.75 bits per heavy atom. The molecular formula is C11H12N2O3. The average molecular weight is 220 g/mol. The quantitative estimate of drug-likeness (QED) is 0.780. The van der Waals surface area contributed by atoms with E-state index in [1.807, 2.05) is 30.3 Å². The molecule has 16 heavy (non-hydrogen) atoms. The van der Waals surface area contributed by atoms with Crippen molar-refractivity contribution in [2.24, 2.45) is 0 Å². The summed E-state index contributed by atoms with van der Waals surface area (Å²) in [5.41, 5.74) is 0.891. The zero-order chi connectivity index (χ0) is 11.5. The lowest BCUT2D eigenvalue weighted by Crippen LogP contribution is -2.38. The number of imide groups is 1. The van der Waals surface area contributed by atoms with Gasteiger partial charge in [-0.1, -0.05) is 30.3 Å². The topological polar surface area (TPSA) is 58.6 Å². The number of carbonyl (C=O) groups is 2. The van der Waals surface area contributed by atoms with E-state index in [0.717, 1.165) is 10.5 Å². The van der Waals surface area contributed by atoms with Gasteiger partial charge in [0, 0.05) is 7.05 Å². The molecular weight excluding hydrogens is 208 g/mol. The van der Waals surface area contributed by atoms with Gasteiger partial charge in [0.05, 0.1) is 6.54 Å². The number of rotatable bonds is 1. The highest BCUT2D eigenvalue weighted by Gasteiger charge is 2.35. The highest BCUT2D eigenvalue weighted by Crippen LogP contribution is 2.25. The molecule has 5 nitrogen and oxygen atoms in total. The van der Waals surface area contributed by atoms with Crippen molar-refractivity contribution in [3.05, 3.63) is 35.9 Å².